The number of nitrogens with two attached hydrogens (primary N) is 1. The summed E-state index contributed by atoms with van der Waals surface area (Å²) >= 11 is 9.07. The van der Waals surface area contributed by atoms with Gasteiger partial charge in [-0.25, -0.2) is 18.1 Å². The number of hydrogen-bond donors (Lipinski definition) is 3. The van der Waals surface area contributed by atoms with Crippen molar-refractivity contribution in [3.05, 3.63) is 39.8 Å². The summed E-state index contributed by atoms with van der Waals surface area (Å²) in [6, 6.07) is 2.37. The third-order valence-electron chi connectivity index (χ3n) is 2.88. The number of anilines is 1. The number of H-pyrrole nitrogens is 1. The van der Waals surface area contributed by atoms with E-state index in [-0.39, 0.29) is 20.1 Å². The lowest BCUT2D eigenvalue weighted by Crippen LogP contribution is -2.29. The summed E-state index contributed by atoms with van der Waals surface area (Å²) < 4.78 is 27.9. The van der Waals surface area contributed by atoms with E-state index in [2.05, 4.69) is 30.6 Å². The molecule has 2 rings (SSSR count). The van der Waals surface area contributed by atoms with Crippen molar-refractivity contribution in [1.29, 1.82) is 0 Å². The van der Waals surface area contributed by atoms with Crippen molar-refractivity contribution in [2.24, 2.45) is 0 Å². The van der Waals surface area contributed by atoms with Crippen LogP contribution in [0, 0.1) is 0 Å². The maximum absolute atomic E-state index is 12.5. The summed E-state index contributed by atoms with van der Waals surface area (Å²) in [5.41, 5.74) is 5.99. The van der Waals surface area contributed by atoms with E-state index in [1.165, 1.54) is 12.1 Å². The second kappa shape index (κ2) is 6.35. The lowest BCUT2D eigenvalue weighted by Gasteiger charge is -2.16. The summed E-state index contributed by atoms with van der Waals surface area (Å²) in [6.07, 6.45) is 3.75. The van der Waals surface area contributed by atoms with Crippen LogP contribution in [0.15, 0.2) is 33.9 Å². The fourth-order valence-corrected chi connectivity index (χ4v) is 4.41. The second-order valence-corrected chi connectivity index (χ2v) is 7.28. The standard InChI is InChI=1S/C12H14BrClN4O2S/c1-2-9(12-16-3-4-17-12)18-21(19,20)10-6-7(14)5-8(15)11(10)13/h3-6,9,18H,2,15H2,1H3,(H,16,17). The molecule has 21 heavy (non-hydrogen) atoms. The minimum absolute atomic E-state index is 0.00231. The van der Waals surface area contributed by atoms with Crippen molar-refractivity contribution in [2.75, 3.05) is 5.73 Å². The minimum atomic E-state index is -3.79. The SMILES string of the molecule is CCC(NS(=O)(=O)c1cc(Cl)cc(N)c1Br)c1ncc[nH]1. The van der Waals surface area contributed by atoms with Gasteiger partial charge in [0.15, 0.2) is 0 Å². The third-order valence-corrected chi connectivity index (χ3v) is 5.74. The molecule has 4 N–H and O–H groups in total. The van der Waals surface area contributed by atoms with Crippen molar-refractivity contribution in [3.63, 3.8) is 0 Å². The third kappa shape index (κ3) is 3.57. The number of rotatable bonds is 5. The Kier molecular flexibility index (Phi) is 4.92. The average molecular weight is 394 g/mol. The fraction of sp³-hybridized carbons (Fsp3) is 0.250. The Morgan fingerprint density at radius 3 is 2.81 bits per heavy atom. The van der Waals surface area contributed by atoms with Gasteiger partial charge in [0.1, 0.15) is 5.82 Å². The highest BCUT2D eigenvalue weighted by molar-refractivity contribution is 9.10. The first-order valence-electron chi connectivity index (χ1n) is 6.11. The molecule has 6 nitrogen and oxygen atoms in total. The smallest absolute Gasteiger partial charge is 0.242 e. The quantitative estimate of drug-likeness (QED) is 0.680. The molecule has 0 saturated heterocycles. The summed E-state index contributed by atoms with van der Waals surface area (Å²) in [6.45, 7) is 1.86. The molecule has 0 saturated carbocycles. The number of aromatic nitrogens is 2. The van der Waals surface area contributed by atoms with Crippen molar-refractivity contribution < 1.29 is 8.42 Å². The summed E-state index contributed by atoms with van der Waals surface area (Å²) in [5, 5.41) is 0.252. The number of benzene rings is 1. The zero-order chi connectivity index (χ0) is 15.6. The molecule has 1 unspecified atom stereocenters. The molecule has 0 fully saturated rings. The molecular formula is C12H14BrClN4O2S. The van der Waals surface area contributed by atoms with Crippen LogP contribution in [0.2, 0.25) is 5.02 Å². The lowest BCUT2D eigenvalue weighted by molar-refractivity contribution is 0.539. The van der Waals surface area contributed by atoms with Crippen LogP contribution in [0.5, 0.6) is 0 Å². The maximum atomic E-state index is 12.5. The Morgan fingerprint density at radius 1 is 1.52 bits per heavy atom. The number of aromatic amines is 1. The Morgan fingerprint density at radius 2 is 2.24 bits per heavy atom. The topological polar surface area (TPSA) is 101 Å². The Bertz CT molecular complexity index is 734. The van der Waals surface area contributed by atoms with Crippen LogP contribution in [0.3, 0.4) is 0 Å². The van der Waals surface area contributed by atoms with Crippen molar-refractivity contribution >= 4 is 43.2 Å². The molecule has 0 aliphatic rings. The molecule has 0 bridgehead atoms. The van der Waals surface area contributed by atoms with Gasteiger partial charge >= 0.3 is 0 Å². The highest BCUT2D eigenvalue weighted by atomic mass is 79.9. The first kappa shape index (κ1) is 16.3. The predicted molar refractivity (Wildman–Crippen MR) is 85.5 cm³/mol. The van der Waals surface area contributed by atoms with E-state index in [1.54, 1.807) is 12.4 Å². The Labute approximate surface area is 136 Å². The summed E-state index contributed by atoms with van der Waals surface area (Å²) in [4.78, 5) is 6.97. The second-order valence-electron chi connectivity index (χ2n) is 4.36. The molecule has 0 radical (unpaired) electrons. The molecular weight excluding hydrogens is 380 g/mol. The Hall–Kier alpha value is -1.09. The van der Waals surface area contributed by atoms with E-state index >= 15 is 0 Å². The maximum Gasteiger partial charge on any atom is 0.242 e. The summed E-state index contributed by atoms with van der Waals surface area (Å²) in [5.74, 6) is 0.548. The fourth-order valence-electron chi connectivity index (χ4n) is 1.83. The van der Waals surface area contributed by atoms with Gasteiger partial charge in [-0.3, -0.25) is 0 Å². The van der Waals surface area contributed by atoms with Gasteiger partial charge in [-0.15, -0.1) is 0 Å². The highest BCUT2D eigenvalue weighted by Crippen LogP contribution is 2.32. The van der Waals surface area contributed by atoms with E-state index in [4.69, 9.17) is 17.3 Å². The zero-order valence-electron chi connectivity index (χ0n) is 11.1. The summed E-state index contributed by atoms with van der Waals surface area (Å²) in [7, 11) is -3.79. The largest absolute Gasteiger partial charge is 0.398 e. The molecule has 0 spiro atoms. The highest BCUT2D eigenvalue weighted by Gasteiger charge is 2.25. The minimum Gasteiger partial charge on any atom is -0.398 e. The molecule has 0 aliphatic heterocycles. The molecule has 1 atom stereocenters. The van der Waals surface area contributed by atoms with Gasteiger partial charge in [-0.05, 0) is 34.5 Å². The van der Waals surface area contributed by atoms with E-state index in [0.29, 0.717) is 12.2 Å². The van der Waals surface area contributed by atoms with E-state index < -0.39 is 16.1 Å². The van der Waals surface area contributed by atoms with E-state index in [9.17, 15) is 8.42 Å². The van der Waals surface area contributed by atoms with E-state index in [0.717, 1.165) is 0 Å². The van der Waals surface area contributed by atoms with Crippen LogP contribution >= 0.6 is 27.5 Å². The van der Waals surface area contributed by atoms with Gasteiger partial charge in [-0.1, -0.05) is 18.5 Å². The van der Waals surface area contributed by atoms with Crippen molar-refractivity contribution in [1.82, 2.24) is 14.7 Å². The van der Waals surface area contributed by atoms with Gasteiger partial charge < -0.3 is 10.7 Å². The molecule has 9 heteroatoms. The number of nitrogen functional groups attached to an aromatic ring is 1. The number of imidazole rings is 1. The van der Waals surface area contributed by atoms with Gasteiger partial charge in [0, 0.05) is 23.1 Å². The van der Waals surface area contributed by atoms with E-state index in [1.807, 2.05) is 6.92 Å². The molecule has 1 aromatic heterocycles. The van der Waals surface area contributed by atoms with Crippen molar-refractivity contribution in [2.45, 2.75) is 24.3 Å². The molecule has 1 aromatic carbocycles. The Balaban J connectivity index is 2.39. The van der Waals surface area contributed by atoms with Crippen LogP contribution in [0.1, 0.15) is 25.2 Å². The number of nitrogens with zero attached hydrogens (tertiary/aromatic N) is 1. The molecule has 0 aliphatic carbocycles. The van der Waals surface area contributed by atoms with Crippen LogP contribution in [0.25, 0.3) is 0 Å². The van der Waals surface area contributed by atoms with Gasteiger partial charge in [0.25, 0.3) is 0 Å². The molecule has 1 heterocycles. The van der Waals surface area contributed by atoms with Crippen LogP contribution in [0.4, 0.5) is 5.69 Å². The van der Waals surface area contributed by atoms with Crippen molar-refractivity contribution in [3.8, 4) is 0 Å². The normalized spacial score (nSPS) is 13.3. The van der Waals surface area contributed by atoms with Gasteiger partial charge in [0.05, 0.1) is 15.4 Å². The van der Waals surface area contributed by atoms with Gasteiger partial charge in [-0.2, -0.15) is 0 Å². The first-order chi connectivity index (χ1) is 9.85. The monoisotopic (exact) mass is 392 g/mol. The number of hydrogen-bond acceptors (Lipinski definition) is 4. The molecule has 0 amide bonds. The number of sulfonamides is 1. The van der Waals surface area contributed by atoms with Gasteiger partial charge in [0.2, 0.25) is 10.0 Å². The first-order valence-corrected chi connectivity index (χ1v) is 8.76. The lowest BCUT2D eigenvalue weighted by atomic mass is 10.2. The number of nitrogens with one attached hydrogen (secondary N) is 2. The van der Waals surface area contributed by atoms with Crippen LogP contribution in [-0.2, 0) is 10.0 Å². The van der Waals surface area contributed by atoms with Crippen LogP contribution in [-0.4, -0.2) is 18.4 Å². The zero-order valence-corrected chi connectivity index (χ0v) is 14.3. The average Bonchev–Trinajstić information content (AvgIpc) is 2.94. The van der Waals surface area contributed by atoms with Crippen LogP contribution < -0.4 is 10.5 Å². The predicted octanol–water partition coefficient (Wildman–Crippen LogP) is 2.84. The molecule has 2 aromatic rings. The number of halogens is 2. The molecule has 114 valence electrons.